The molecule has 1 aromatic heterocycles. The number of aromatic amines is 1. The first-order chi connectivity index (χ1) is 10.5. The summed E-state index contributed by atoms with van der Waals surface area (Å²) in [5.41, 5.74) is 1.29. The predicted molar refractivity (Wildman–Crippen MR) is 85.9 cm³/mol. The van der Waals surface area contributed by atoms with Crippen LogP contribution in [0.2, 0.25) is 0 Å². The molecule has 5 nitrogen and oxygen atoms in total. The summed E-state index contributed by atoms with van der Waals surface area (Å²) in [6.45, 7) is 4.68. The number of rotatable bonds is 6. The summed E-state index contributed by atoms with van der Waals surface area (Å²) in [7, 11) is 3.16. The van der Waals surface area contributed by atoms with Gasteiger partial charge in [-0.2, -0.15) is 0 Å². The second-order valence-corrected chi connectivity index (χ2v) is 5.37. The second-order valence-electron chi connectivity index (χ2n) is 5.37. The number of hydrogen-bond acceptors (Lipinski definition) is 4. The first-order valence-corrected chi connectivity index (χ1v) is 7.13. The van der Waals surface area contributed by atoms with Gasteiger partial charge < -0.3 is 19.2 Å². The zero-order valence-electron chi connectivity index (χ0n) is 13.3. The summed E-state index contributed by atoms with van der Waals surface area (Å²) < 4.78 is 16.1. The van der Waals surface area contributed by atoms with Crippen molar-refractivity contribution in [3.8, 4) is 28.5 Å². The van der Waals surface area contributed by atoms with E-state index in [1.54, 1.807) is 20.3 Å². The molecule has 0 spiro atoms. The topological polar surface area (TPSA) is 60.5 Å². The van der Waals surface area contributed by atoms with Crippen molar-refractivity contribution in [3.05, 3.63) is 40.7 Å². The Morgan fingerprint density at radius 2 is 1.77 bits per heavy atom. The van der Waals surface area contributed by atoms with Crippen LogP contribution < -0.4 is 19.8 Å². The Kier molecular flexibility index (Phi) is 5.09. The lowest BCUT2D eigenvalue weighted by atomic mass is 10.1. The molecule has 118 valence electrons. The molecule has 22 heavy (non-hydrogen) atoms. The lowest BCUT2D eigenvalue weighted by Gasteiger charge is -2.12. The normalized spacial score (nSPS) is 10.6. The molecule has 1 aromatic carbocycles. The van der Waals surface area contributed by atoms with Gasteiger partial charge in [0, 0.05) is 17.7 Å². The van der Waals surface area contributed by atoms with E-state index in [2.05, 4.69) is 18.8 Å². The van der Waals surface area contributed by atoms with Crippen LogP contribution in [0.25, 0.3) is 11.3 Å². The van der Waals surface area contributed by atoms with Gasteiger partial charge in [0.15, 0.2) is 11.5 Å². The molecule has 2 rings (SSSR count). The van der Waals surface area contributed by atoms with Gasteiger partial charge in [-0.05, 0) is 24.1 Å². The van der Waals surface area contributed by atoms with Crippen LogP contribution in [0.1, 0.15) is 13.8 Å². The average molecular weight is 303 g/mol. The molecular weight excluding hydrogens is 282 g/mol. The molecule has 0 saturated heterocycles. The van der Waals surface area contributed by atoms with Gasteiger partial charge in [0.1, 0.15) is 5.75 Å². The van der Waals surface area contributed by atoms with Gasteiger partial charge >= 0.3 is 0 Å². The Morgan fingerprint density at radius 1 is 1.05 bits per heavy atom. The molecule has 0 amide bonds. The molecule has 0 bridgehead atoms. The third-order valence-corrected chi connectivity index (χ3v) is 3.10. The van der Waals surface area contributed by atoms with Crippen molar-refractivity contribution >= 4 is 0 Å². The van der Waals surface area contributed by atoms with Gasteiger partial charge in [-0.25, -0.2) is 0 Å². The van der Waals surface area contributed by atoms with E-state index in [0.717, 1.165) is 5.56 Å². The summed E-state index contributed by atoms with van der Waals surface area (Å²) in [6.07, 6.45) is 0. The minimum Gasteiger partial charge on any atom is -0.493 e. The average Bonchev–Trinajstić information content (AvgIpc) is 2.51. The molecule has 5 heteroatoms. The predicted octanol–water partition coefficient (Wildman–Crippen LogP) is 3.09. The molecule has 0 aliphatic heterocycles. The summed E-state index contributed by atoms with van der Waals surface area (Å²) in [5.74, 6) is 2.20. The number of ether oxygens (including phenoxy) is 3. The summed E-state index contributed by atoms with van der Waals surface area (Å²) in [4.78, 5) is 14.6. The minimum atomic E-state index is -0.203. The fourth-order valence-electron chi connectivity index (χ4n) is 2.02. The molecule has 0 saturated carbocycles. The highest BCUT2D eigenvalue weighted by Crippen LogP contribution is 2.32. The number of methoxy groups -OCH3 is 2. The molecule has 0 radical (unpaired) electrons. The lowest BCUT2D eigenvalue weighted by Crippen LogP contribution is -2.10. The van der Waals surface area contributed by atoms with Crippen LogP contribution in [0.15, 0.2) is 35.1 Å². The Balaban J connectivity index is 2.37. The van der Waals surface area contributed by atoms with Crippen LogP contribution in [0.5, 0.6) is 17.2 Å². The van der Waals surface area contributed by atoms with Crippen molar-refractivity contribution in [1.82, 2.24) is 4.98 Å². The number of hydrogen-bond donors (Lipinski definition) is 1. The smallest absolute Gasteiger partial charge is 0.252 e. The molecule has 1 heterocycles. The van der Waals surface area contributed by atoms with Crippen molar-refractivity contribution in [1.29, 1.82) is 0 Å². The Labute approximate surface area is 129 Å². The van der Waals surface area contributed by atoms with E-state index in [1.807, 2.05) is 18.2 Å². The zero-order chi connectivity index (χ0) is 16.1. The van der Waals surface area contributed by atoms with Crippen LogP contribution in [0, 0.1) is 5.92 Å². The first-order valence-electron chi connectivity index (χ1n) is 7.13. The van der Waals surface area contributed by atoms with E-state index in [4.69, 9.17) is 14.2 Å². The second kappa shape index (κ2) is 7.02. The first kappa shape index (κ1) is 15.9. The van der Waals surface area contributed by atoms with E-state index >= 15 is 0 Å². The summed E-state index contributed by atoms with van der Waals surface area (Å²) in [6, 6.07) is 8.74. The summed E-state index contributed by atoms with van der Waals surface area (Å²) in [5, 5.41) is 0. The van der Waals surface area contributed by atoms with Crippen molar-refractivity contribution in [2.75, 3.05) is 20.8 Å². The number of H-pyrrole nitrogens is 1. The zero-order valence-corrected chi connectivity index (χ0v) is 13.3. The van der Waals surface area contributed by atoms with Crippen molar-refractivity contribution in [2.45, 2.75) is 13.8 Å². The van der Waals surface area contributed by atoms with Gasteiger partial charge in [0.2, 0.25) is 0 Å². The molecular formula is C17H21NO4. The number of pyridine rings is 1. The van der Waals surface area contributed by atoms with Crippen molar-refractivity contribution < 1.29 is 14.2 Å². The van der Waals surface area contributed by atoms with E-state index in [1.165, 1.54) is 6.07 Å². The molecule has 0 aliphatic carbocycles. The van der Waals surface area contributed by atoms with Crippen LogP contribution in [0.4, 0.5) is 0 Å². The molecule has 0 fully saturated rings. The molecule has 0 aliphatic rings. The molecule has 0 unspecified atom stereocenters. The Bertz CT molecular complexity index is 691. The highest BCUT2D eigenvalue weighted by molar-refractivity contribution is 5.65. The van der Waals surface area contributed by atoms with E-state index in [9.17, 15) is 4.79 Å². The fourth-order valence-corrected chi connectivity index (χ4v) is 2.02. The van der Waals surface area contributed by atoms with Crippen LogP contribution in [-0.2, 0) is 0 Å². The van der Waals surface area contributed by atoms with E-state index < -0.39 is 0 Å². The standard InChI is InChI=1S/C17H21NO4/c1-11(2)10-22-13-8-14(18-17(19)9-13)12-5-6-15(20-3)16(7-12)21-4/h5-9,11H,10H2,1-4H3,(H,18,19). The highest BCUT2D eigenvalue weighted by Gasteiger charge is 2.09. The van der Waals surface area contributed by atoms with Gasteiger partial charge in [-0.3, -0.25) is 4.79 Å². The Hall–Kier alpha value is -2.43. The summed E-state index contributed by atoms with van der Waals surface area (Å²) >= 11 is 0. The maximum absolute atomic E-state index is 11.8. The molecule has 1 N–H and O–H groups in total. The number of nitrogens with one attached hydrogen (secondary N) is 1. The van der Waals surface area contributed by atoms with Crippen LogP contribution in [-0.4, -0.2) is 25.8 Å². The maximum atomic E-state index is 11.8. The van der Waals surface area contributed by atoms with Gasteiger partial charge in [0.25, 0.3) is 5.56 Å². The monoisotopic (exact) mass is 303 g/mol. The fraction of sp³-hybridized carbons (Fsp3) is 0.353. The van der Waals surface area contributed by atoms with Gasteiger partial charge in [-0.1, -0.05) is 13.8 Å². The highest BCUT2D eigenvalue weighted by atomic mass is 16.5. The Morgan fingerprint density at radius 3 is 2.41 bits per heavy atom. The van der Waals surface area contributed by atoms with E-state index in [-0.39, 0.29) is 5.56 Å². The lowest BCUT2D eigenvalue weighted by molar-refractivity contribution is 0.270. The van der Waals surface area contributed by atoms with Gasteiger partial charge in [-0.15, -0.1) is 0 Å². The number of benzene rings is 1. The third-order valence-electron chi connectivity index (χ3n) is 3.10. The van der Waals surface area contributed by atoms with Crippen LogP contribution >= 0.6 is 0 Å². The van der Waals surface area contributed by atoms with Crippen LogP contribution in [0.3, 0.4) is 0 Å². The SMILES string of the molecule is COc1ccc(-c2cc(OCC(C)C)cc(=O)[nH]2)cc1OC. The number of aromatic nitrogens is 1. The third kappa shape index (κ3) is 3.81. The van der Waals surface area contributed by atoms with Crippen molar-refractivity contribution in [3.63, 3.8) is 0 Å². The van der Waals surface area contributed by atoms with Gasteiger partial charge in [0.05, 0.1) is 26.5 Å². The molecule has 0 atom stereocenters. The van der Waals surface area contributed by atoms with Crippen molar-refractivity contribution in [2.24, 2.45) is 5.92 Å². The molecule has 2 aromatic rings. The minimum absolute atomic E-state index is 0.203. The quantitative estimate of drug-likeness (QED) is 0.891. The maximum Gasteiger partial charge on any atom is 0.252 e. The van der Waals surface area contributed by atoms with E-state index in [0.29, 0.717) is 35.5 Å². The largest absolute Gasteiger partial charge is 0.493 e.